The van der Waals surface area contributed by atoms with Crippen molar-refractivity contribution >= 4 is 17.7 Å². The van der Waals surface area contributed by atoms with E-state index in [1.165, 1.54) is 0 Å². The molecule has 3 amide bonds. The summed E-state index contributed by atoms with van der Waals surface area (Å²) in [5.41, 5.74) is -1.00. The Morgan fingerprint density at radius 2 is 1.59 bits per heavy atom. The van der Waals surface area contributed by atoms with Gasteiger partial charge >= 0.3 is 0 Å². The second-order valence-electron chi connectivity index (χ2n) is 6.75. The van der Waals surface area contributed by atoms with Gasteiger partial charge in [0, 0.05) is 11.8 Å². The van der Waals surface area contributed by atoms with Crippen LogP contribution in [0, 0.1) is 16.7 Å². The van der Waals surface area contributed by atoms with E-state index in [2.05, 4.69) is 0 Å². The summed E-state index contributed by atoms with van der Waals surface area (Å²) >= 11 is 0. The molecule has 0 aromatic heterocycles. The van der Waals surface area contributed by atoms with E-state index < -0.39 is 11.3 Å². The molecule has 96 valence electrons. The van der Waals surface area contributed by atoms with E-state index in [0.717, 1.165) is 4.90 Å². The average molecular weight is 239 g/mol. The van der Waals surface area contributed by atoms with Crippen LogP contribution in [0.5, 0.6) is 0 Å². The van der Waals surface area contributed by atoms with Gasteiger partial charge in [-0.05, 0) is 5.41 Å². The Kier molecular flexibility index (Phi) is 3.21. The van der Waals surface area contributed by atoms with Gasteiger partial charge in [0.1, 0.15) is 0 Å². The van der Waals surface area contributed by atoms with Crippen molar-refractivity contribution in [3.8, 4) is 0 Å². The lowest BCUT2D eigenvalue weighted by atomic mass is 9.80. The Morgan fingerprint density at radius 3 is 1.88 bits per heavy atom. The number of imide groups is 3. The minimum absolute atomic E-state index is 0.143. The monoisotopic (exact) mass is 239 g/mol. The first-order chi connectivity index (χ1) is 7.46. The van der Waals surface area contributed by atoms with Crippen LogP contribution in [-0.2, 0) is 14.4 Å². The van der Waals surface area contributed by atoms with Crippen LogP contribution >= 0.6 is 0 Å². The maximum absolute atomic E-state index is 12.1. The fourth-order valence-corrected chi connectivity index (χ4v) is 1.86. The second kappa shape index (κ2) is 3.93. The van der Waals surface area contributed by atoms with Crippen molar-refractivity contribution in [3.05, 3.63) is 0 Å². The number of carbonyl (C=O) groups excluding carboxylic acids is 3. The Labute approximate surface area is 102 Å². The molecule has 4 heteroatoms. The third-order valence-corrected chi connectivity index (χ3v) is 3.04. The topological polar surface area (TPSA) is 54.5 Å². The number of nitrogens with zero attached hydrogens (tertiary/aromatic N) is 1. The molecular weight excluding hydrogens is 218 g/mol. The van der Waals surface area contributed by atoms with E-state index in [1.807, 2.05) is 20.8 Å². The lowest BCUT2D eigenvalue weighted by molar-refractivity contribution is -0.155. The molecule has 0 spiro atoms. The molecule has 1 rings (SSSR count). The minimum Gasteiger partial charge on any atom is -0.274 e. The fraction of sp³-hybridized carbons (Fsp3) is 0.769. The van der Waals surface area contributed by atoms with Crippen molar-refractivity contribution in [1.29, 1.82) is 0 Å². The quantitative estimate of drug-likeness (QED) is 0.607. The zero-order valence-electron chi connectivity index (χ0n) is 11.5. The standard InChI is InChI=1S/C13H21NO3/c1-12(2,3)8-7-9(15)14(10(8)16)11(17)13(4,5)6/h8H,7H2,1-6H3. The third-order valence-electron chi connectivity index (χ3n) is 3.04. The summed E-state index contributed by atoms with van der Waals surface area (Å²) in [6, 6.07) is 0. The zero-order valence-corrected chi connectivity index (χ0v) is 11.5. The Hall–Kier alpha value is -1.19. The van der Waals surface area contributed by atoms with Gasteiger partial charge in [-0.2, -0.15) is 0 Å². The molecule has 0 radical (unpaired) electrons. The lowest BCUT2D eigenvalue weighted by Gasteiger charge is -2.26. The molecule has 0 aliphatic carbocycles. The maximum Gasteiger partial charge on any atom is 0.241 e. The van der Waals surface area contributed by atoms with Gasteiger partial charge in [-0.3, -0.25) is 14.4 Å². The summed E-state index contributed by atoms with van der Waals surface area (Å²) in [4.78, 5) is 36.8. The number of amides is 3. The highest BCUT2D eigenvalue weighted by Gasteiger charge is 2.49. The molecule has 1 heterocycles. The van der Waals surface area contributed by atoms with E-state index in [1.54, 1.807) is 20.8 Å². The number of hydrogen-bond acceptors (Lipinski definition) is 3. The summed E-state index contributed by atoms with van der Waals surface area (Å²) in [7, 11) is 0. The first-order valence-corrected chi connectivity index (χ1v) is 5.87. The molecule has 1 atom stereocenters. The van der Waals surface area contributed by atoms with Crippen LogP contribution in [0.15, 0.2) is 0 Å². The Bertz CT molecular complexity index is 371. The van der Waals surface area contributed by atoms with Crippen LogP contribution < -0.4 is 0 Å². The lowest BCUT2D eigenvalue weighted by Crippen LogP contribution is -2.44. The van der Waals surface area contributed by atoms with Crippen molar-refractivity contribution in [2.24, 2.45) is 16.7 Å². The maximum atomic E-state index is 12.1. The number of rotatable bonds is 0. The third kappa shape index (κ3) is 2.56. The van der Waals surface area contributed by atoms with E-state index in [-0.39, 0.29) is 29.6 Å². The molecule has 17 heavy (non-hydrogen) atoms. The van der Waals surface area contributed by atoms with Crippen molar-refractivity contribution in [1.82, 2.24) is 4.90 Å². The number of likely N-dealkylation sites (tertiary alicyclic amines) is 1. The van der Waals surface area contributed by atoms with Gasteiger partial charge in [0.25, 0.3) is 0 Å². The average Bonchev–Trinajstić information content (AvgIpc) is 2.38. The first kappa shape index (κ1) is 13.9. The molecule has 1 aliphatic rings. The number of hydrogen-bond donors (Lipinski definition) is 0. The van der Waals surface area contributed by atoms with E-state index >= 15 is 0 Å². The van der Waals surface area contributed by atoms with Crippen LogP contribution in [-0.4, -0.2) is 22.6 Å². The SMILES string of the molecule is CC(C)(C)C(=O)N1C(=O)CC(C(C)(C)C)C1=O. The summed E-state index contributed by atoms with van der Waals surface area (Å²) in [6.45, 7) is 10.9. The van der Waals surface area contributed by atoms with Crippen molar-refractivity contribution in [2.45, 2.75) is 48.0 Å². The smallest absolute Gasteiger partial charge is 0.241 e. The minimum atomic E-state index is -0.710. The highest BCUT2D eigenvalue weighted by atomic mass is 16.2. The second-order valence-corrected chi connectivity index (χ2v) is 6.75. The van der Waals surface area contributed by atoms with Crippen LogP contribution in [0.1, 0.15) is 48.0 Å². The van der Waals surface area contributed by atoms with Crippen molar-refractivity contribution in [3.63, 3.8) is 0 Å². The van der Waals surface area contributed by atoms with Crippen LogP contribution in [0.25, 0.3) is 0 Å². The van der Waals surface area contributed by atoms with Gasteiger partial charge in [0.2, 0.25) is 17.7 Å². The molecule has 4 nitrogen and oxygen atoms in total. The predicted octanol–water partition coefficient (Wildman–Crippen LogP) is 1.98. The molecule has 1 fully saturated rings. The molecule has 1 unspecified atom stereocenters. The molecule has 0 bridgehead atoms. The zero-order chi connectivity index (χ0) is 13.6. The molecule has 1 aliphatic heterocycles. The molecule has 0 N–H and O–H groups in total. The molecular formula is C13H21NO3. The van der Waals surface area contributed by atoms with Gasteiger partial charge in [-0.25, -0.2) is 4.90 Å². The largest absolute Gasteiger partial charge is 0.274 e. The van der Waals surface area contributed by atoms with Crippen LogP contribution in [0.2, 0.25) is 0 Å². The molecule has 0 aromatic carbocycles. The van der Waals surface area contributed by atoms with E-state index in [9.17, 15) is 14.4 Å². The summed E-state index contributed by atoms with van der Waals surface area (Å²) in [6.07, 6.45) is 0.143. The Morgan fingerprint density at radius 1 is 1.12 bits per heavy atom. The first-order valence-electron chi connectivity index (χ1n) is 5.87. The highest BCUT2D eigenvalue weighted by Crippen LogP contribution is 2.36. The number of carbonyl (C=O) groups is 3. The van der Waals surface area contributed by atoms with Gasteiger partial charge in [0.15, 0.2) is 0 Å². The fourth-order valence-electron chi connectivity index (χ4n) is 1.86. The molecule has 1 saturated heterocycles. The summed E-state index contributed by atoms with van der Waals surface area (Å²) in [5.74, 6) is -1.50. The highest BCUT2D eigenvalue weighted by molar-refractivity contribution is 6.17. The van der Waals surface area contributed by atoms with Gasteiger partial charge < -0.3 is 0 Å². The normalized spacial score (nSPS) is 22.2. The Balaban J connectivity index is 3.03. The van der Waals surface area contributed by atoms with Crippen molar-refractivity contribution < 1.29 is 14.4 Å². The molecule has 0 aromatic rings. The molecule has 0 saturated carbocycles. The van der Waals surface area contributed by atoms with E-state index in [0.29, 0.717) is 0 Å². The predicted molar refractivity (Wildman–Crippen MR) is 63.9 cm³/mol. The van der Waals surface area contributed by atoms with Crippen LogP contribution in [0.4, 0.5) is 0 Å². The van der Waals surface area contributed by atoms with Gasteiger partial charge in [-0.1, -0.05) is 41.5 Å². The van der Waals surface area contributed by atoms with Gasteiger partial charge in [0.05, 0.1) is 5.92 Å². The van der Waals surface area contributed by atoms with Gasteiger partial charge in [-0.15, -0.1) is 0 Å². The van der Waals surface area contributed by atoms with Crippen molar-refractivity contribution in [2.75, 3.05) is 0 Å². The summed E-state index contributed by atoms with van der Waals surface area (Å²) < 4.78 is 0. The van der Waals surface area contributed by atoms with Crippen LogP contribution in [0.3, 0.4) is 0 Å². The summed E-state index contributed by atoms with van der Waals surface area (Å²) in [5, 5.41) is 0. The van der Waals surface area contributed by atoms with E-state index in [4.69, 9.17) is 0 Å².